The van der Waals surface area contributed by atoms with Gasteiger partial charge < -0.3 is 10.5 Å². The van der Waals surface area contributed by atoms with E-state index in [0.717, 1.165) is 18.4 Å². The quantitative estimate of drug-likeness (QED) is 0.494. The molecule has 0 saturated heterocycles. The van der Waals surface area contributed by atoms with E-state index in [2.05, 4.69) is 4.74 Å². The van der Waals surface area contributed by atoms with Crippen molar-refractivity contribution >= 4 is 5.97 Å². The lowest BCUT2D eigenvalue weighted by Gasteiger charge is -2.04. The highest BCUT2D eigenvalue weighted by molar-refractivity contribution is 5.88. The molecule has 0 aromatic carbocycles. The second kappa shape index (κ2) is 4.77. The largest absolute Gasteiger partial charge is 0.464 e. The van der Waals surface area contributed by atoms with E-state index >= 15 is 0 Å². The predicted octanol–water partition coefficient (Wildman–Crippen LogP) is 1.19. The number of carbonyl (C=O) groups is 1. The summed E-state index contributed by atoms with van der Waals surface area (Å²) in [5.74, 6) is -0.427. The van der Waals surface area contributed by atoms with Crippen LogP contribution in [0.15, 0.2) is 11.3 Å². The first-order valence-electron chi connectivity index (χ1n) is 3.73. The van der Waals surface area contributed by atoms with E-state index in [4.69, 9.17) is 5.73 Å². The third kappa shape index (κ3) is 2.62. The van der Waals surface area contributed by atoms with Gasteiger partial charge in [0.05, 0.1) is 7.11 Å². The highest BCUT2D eigenvalue weighted by Crippen LogP contribution is 2.09. The lowest BCUT2D eigenvalue weighted by Crippen LogP contribution is -2.15. The molecule has 0 fully saturated rings. The summed E-state index contributed by atoms with van der Waals surface area (Å²) in [5, 5.41) is 0. The molecule has 3 nitrogen and oxygen atoms in total. The van der Waals surface area contributed by atoms with Crippen molar-refractivity contribution < 1.29 is 9.53 Å². The fraction of sp³-hybridized carbons (Fsp3) is 0.625. The highest BCUT2D eigenvalue weighted by atomic mass is 16.5. The molecule has 0 amide bonds. The minimum Gasteiger partial charge on any atom is -0.464 e. The molecule has 0 rings (SSSR count). The molecule has 0 aliphatic rings. The van der Waals surface area contributed by atoms with Gasteiger partial charge in [-0.3, -0.25) is 0 Å². The number of esters is 1. The first-order chi connectivity index (χ1) is 5.17. The van der Waals surface area contributed by atoms with E-state index in [0.29, 0.717) is 0 Å². The molecule has 0 atom stereocenters. The van der Waals surface area contributed by atoms with Crippen LogP contribution in [-0.2, 0) is 9.53 Å². The van der Waals surface area contributed by atoms with Gasteiger partial charge in [0.2, 0.25) is 0 Å². The van der Waals surface area contributed by atoms with Crippen LogP contribution in [0.2, 0.25) is 0 Å². The summed E-state index contributed by atoms with van der Waals surface area (Å²) in [6.45, 7) is 3.93. The monoisotopic (exact) mass is 157 g/mol. The van der Waals surface area contributed by atoms with Crippen LogP contribution in [0.1, 0.15) is 26.7 Å². The van der Waals surface area contributed by atoms with Crippen LogP contribution >= 0.6 is 0 Å². The molecule has 3 heteroatoms. The number of nitrogens with two attached hydrogens (primary N) is 1. The normalized spacial score (nSPS) is 9.00. The van der Waals surface area contributed by atoms with Gasteiger partial charge in [-0.05, 0) is 18.4 Å². The van der Waals surface area contributed by atoms with Crippen molar-refractivity contribution in [3.63, 3.8) is 0 Å². The Morgan fingerprint density at radius 2 is 1.82 bits per heavy atom. The average Bonchev–Trinajstić information content (AvgIpc) is 2.05. The van der Waals surface area contributed by atoms with Crippen LogP contribution in [0.5, 0.6) is 0 Å². The molecule has 0 bridgehead atoms. The fourth-order valence-corrected chi connectivity index (χ4v) is 0.885. The number of methoxy groups -OCH3 is 1. The molecule has 0 aliphatic heterocycles. The van der Waals surface area contributed by atoms with Crippen molar-refractivity contribution in [2.45, 2.75) is 26.7 Å². The van der Waals surface area contributed by atoms with Gasteiger partial charge in [-0.15, -0.1) is 0 Å². The number of rotatable bonds is 3. The maximum Gasteiger partial charge on any atom is 0.353 e. The van der Waals surface area contributed by atoms with Gasteiger partial charge in [0, 0.05) is 0 Å². The topological polar surface area (TPSA) is 52.3 Å². The van der Waals surface area contributed by atoms with Crippen molar-refractivity contribution in [3.8, 4) is 0 Å². The molecule has 0 aromatic heterocycles. The standard InChI is InChI=1S/C8H15NO2/c1-4-6(5-2)7(9)8(10)11-3/h4-5,9H2,1-3H3. The number of allylic oxidation sites excluding steroid dienone is 1. The zero-order valence-corrected chi connectivity index (χ0v) is 7.31. The molecule has 0 aliphatic carbocycles. The summed E-state index contributed by atoms with van der Waals surface area (Å²) >= 11 is 0. The van der Waals surface area contributed by atoms with Crippen molar-refractivity contribution in [1.29, 1.82) is 0 Å². The van der Waals surface area contributed by atoms with Gasteiger partial charge in [-0.25, -0.2) is 4.79 Å². The molecular weight excluding hydrogens is 142 g/mol. The third-order valence-electron chi connectivity index (χ3n) is 1.64. The van der Waals surface area contributed by atoms with E-state index < -0.39 is 5.97 Å². The minimum absolute atomic E-state index is 0.262. The lowest BCUT2D eigenvalue weighted by molar-refractivity contribution is -0.136. The average molecular weight is 157 g/mol. The minimum atomic E-state index is -0.427. The Labute approximate surface area is 67.2 Å². The summed E-state index contributed by atoms with van der Waals surface area (Å²) in [6, 6.07) is 0. The molecule has 0 aromatic rings. The summed E-state index contributed by atoms with van der Waals surface area (Å²) in [7, 11) is 1.33. The van der Waals surface area contributed by atoms with Crippen LogP contribution < -0.4 is 5.73 Å². The van der Waals surface area contributed by atoms with Gasteiger partial charge in [-0.2, -0.15) is 0 Å². The van der Waals surface area contributed by atoms with Gasteiger partial charge in [0.15, 0.2) is 0 Å². The predicted molar refractivity (Wildman–Crippen MR) is 43.8 cm³/mol. The second-order valence-electron chi connectivity index (χ2n) is 2.22. The van der Waals surface area contributed by atoms with Crippen LogP contribution in [0, 0.1) is 0 Å². The highest BCUT2D eigenvalue weighted by Gasteiger charge is 2.08. The summed E-state index contributed by atoms with van der Waals surface area (Å²) in [5.41, 5.74) is 6.72. The summed E-state index contributed by atoms with van der Waals surface area (Å²) < 4.78 is 4.47. The third-order valence-corrected chi connectivity index (χ3v) is 1.64. The smallest absolute Gasteiger partial charge is 0.353 e. The van der Waals surface area contributed by atoms with Gasteiger partial charge in [0.1, 0.15) is 5.70 Å². The Morgan fingerprint density at radius 3 is 2.09 bits per heavy atom. The van der Waals surface area contributed by atoms with Crippen molar-refractivity contribution in [2.24, 2.45) is 5.73 Å². The lowest BCUT2D eigenvalue weighted by atomic mass is 10.1. The zero-order chi connectivity index (χ0) is 8.85. The van der Waals surface area contributed by atoms with E-state index in [1.54, 1.807) is 0 Å². The first-order valence-corrected chi connectivity index (χ1v) is 3.73. The Balaban J connectivity index is 4.46. The van der Waals surface area contributed by atoms with E-state index in [9.17, 15) is 4.79 Å². The Kier molecular flexibility index (Phi) is 4.34. The Morgan fingerprint density at radius 1 is 1.36 bits per heavy atom. The molecule has 0 unspecified atom stereocenters. The second-order valence-corrected chi connectivity index (χ2v) is 2.22. The Hall–Kier alpha value is -0.990. The van der Waals surface area contributed by atoms with Crippen LogP contribution in [-0.4, -0.2) is 13.1 Å². The fourth-order valence-electron chi connectivity index (χ4n) is 0.885. The number of ether oxygens (including phenoxy) is 1. The van der Waals surface area contributed by atoms with E-state index in [1.165, 1.54) is 7.11 Å². The molecular formula is C8H15NO2. The van der Waals surface area contributed by atoms with E-state index in [-0.39, 0.29) is 5.70 Å². The SMILES string of the molecule is CCC(CC)=C(N)C(=O)OC. The van der Waals surface area contributed by atoms with E-state index in [1.807, 2.05) is 13.8 Å². The van der Waals surface area contributed by atoms with Crippen LogP contribution in [0.25, 0.3) is 0 Å². The molecule has 0 spiro atoms. The van der Waals surface area contributed by atoms with Crippen molar-refractivity contribution in [2.75, 3.05) is 7.11 Å². The maximum absolute atomic E-state index is 10.9. The number of hydrogen-bond acceptors (Lipinski definition) is 3. The Bertz CT molecular complexity index is 167. The van der Waals surface area contributed by atoms with Crippen molar-refractivity contribution in [1.82, 2.24) is 0 Å². The van der Waals surface area contributed by atoms with Gasteiger partial charge in [0.25, 0.3) is 0 Å². The van der Waals surface area contributed by atoms with Crippen LogP contribution in [0.3, 0.4) is 0 Å². The molecule has 11 heavy (non-hydrogen) atoms. The summed E-state index contributed by atoms with van der Waals surface area (Å²) in [4.78, 5) is 10.9. The number of carbonyl (C=O) groups excluding carboxylic acids is 1. The molecule has 0 heterocycles. The zero-order valence-electron chi connectivity index (χ0n) is 7.31. The molecule has 0 saturated carbocycles. The van der Waals surface area contributed by atoms with Crippen LogP contribution in [0.4, 0.5) is 0 Å². The molecule has 64 valence electrons. The van der Waals surface area contributed by atoms with Gasteiger partial charge >= 0.3 is 5.97 Å². The summed E-state index contributed by atoms with van der Waals surface area (Å²) in [6.07, 6.45) is 1.61. The van der Waals surface area contributed by atoms with Gasteiger partial charge in [-0.1, -0.05) is 13.8 Å². The molecule has 2 N–H and O–H groups in total. The number of hydrogen-bond donors (Lipinski definition) is 1. The van der Waals surface area contributed by atoms with Crippen molar-refractivity contribution in [3.05, 3.63) is 11.3 Å². The first kappa shape index (κ1) is 10.0. The maximum atomic E-state index is 10.9. The molecule has 0 radical (unpaired) electrons.